The van der Waals surface area contributed by atoms with E-state index >= 15 is 0 Å². The summed E-state index contributed by atoms with van der Waals surface area (Å²) < 4.78 is 0. The summed E-state index contributed by atoms with van der Waals surface area (Å²) in [6, 6.07) is 10.3. The van der Waals surface area contributed by atoms with Crippen molar-refractivity contribution < 1.29 is 0 Å². The Hall–Kier alpha value is -2.06. The number of benzene rings is 1. The van der Waals surface area contributed by atoms with Gasteiger partial charge in [-0.15, -0.1) is 11.8 Å². The van der Waals surface area contributed by atoms with Gasteiger partial charge in [0, 0.05) is 27.7 Å². The average molecular weight is 362 g/mol. The number of hydrogen-bond donors (Lipinski definition) is 1. The van der Waals surface area contributed by atoms with Crippen LogP contribution in [0.4, 0.5) is 0 Å². The van der Waals surface area contributed by atoms with E-state index in [1.165, 1.54) is 16.0 Å². The number of allylic oxidation sites excluding steroid dienone is 9. The molecule has 0 spiro atoms. The van der Waals surface area contributed by atoms with Gasteiger partial charge >= 0.3 is 0 Å². The first kappa shape index (κ1) is 18.7. The summed E-state index contributed by atoms with van der Waals surface area (Å²) in [7, 11) is 0. The van der Waals surface area contributed by atoms with Crippen LogP contribution in [-0.2, 0) is 0 Å². The Morgan fingerprint density at radius 1 is 1.31 bits per heavy atom. The highest BCUT2D eigenvalue weighted by Crippen LogP contribution is 2.42. The fraction of sp³-hybridized carbons (Fsp3) is 0.292. The maximum absolute atomic E-state index is 8.52. The van der Waals surface area contributed by atoms with Crippen molar-refractivity contribution in [1.82, 2.24) is 0 Å². The molecule has 1 aromatic carbocycles. The smallest absolute Gasteiger partial charge is 0.0448 e. The summed E-state index contributed by atoms with van der Waals surface area (Å²) in [6.07, 6.45) is 15.5. The Morgan fingerprint density at radius 2 is 2.08 bits per heavy atom. The molecule has 0 aromatic heterocycles. The molecule has 2 unspecified atom stereocenters. The SMILES string of the molecule is C=C(C(=N)CSc1ccccc1)C(CC)C1=CC2=CC=CCC2(C)C=C1. The normalized spacial score (nSPS) is 22.2. The van der Waals surface area contributed by atoms with E-state index in [1.54, 1.807) is 11.8 Å². The first-order chi connectivity index (χ1) is 12.5. The minimum absolute atomic E-state index is 0.120. The largest absolute Gasteiger partial charge is 0.304 e. The highest BCUT2D eigenvalue weighted by atomic mass is 32.2. The lowest BCUT2D eigenvalue weighted by Gasteiger charge is -2.34. The van der Waals surface area contributed by atoms with Crippen LogP contribution in [0.25, 0.3) is 0 Å². The second-order valence-corrected chi connectivity index (χ2v) is 8.26. The molecule has 0 radical (unpaired) electrons. The maximum atomic E-state index is 8.52. The molecule has 0 aliphatic heterocycles. The van der Waals surface area contributed by atoms with E-state index < -0.39 is 0 Å². The van der Waals surface area contributed by atoms with E-state index in [0.29, 0.717) is 11.5 Å². The van der Waals surface area contributed by atoms with E-state index in [9.17, 15) is 0 Å². The van der Waals surface area contributed by atoms with Crippen molar-refractivity contribution in [3.63, 3.8) is 0 Å². The molecule has 3 rings (SSSR count). The van der Waals surface area contributed by atoms with Crippen LogP contribution in [0.15, 0.2) is 95.0 Å². The predicted molar refractivity (Wildman–Crippen MR) is 115 cm³/mol. The molecule has 0 saturated carbocycles. The van der Waals surface area contributed by atoms with Crippen molar-refractivity contribution in [3.8, 4) is 0 Å². The summed E-state index contributed by atoms with van der Waals surface area (Å²) in [5.74, 6) is 0.880. The van der Waals surface area contributed by atoms with Crippen LogP contribution in [0, 0.1) is 16.7 Å². The molecule has 0 saturated heterocycles. The molecule has 1 N–H and O–H groups in total. The Balaban J connectivity index is 1.71. The van der Waals surface area contributed by atoms with Gasteiger partial charge in [0.05, 0.1) is 0 Å². The van der Waals surface area contributed by atoms with Crippen LogP contribution in [0.2, 0.25) is 0 Å². The fourth-order valence-electron chi connectivity index (χ4n) is 3.55. The lowest BCUT2D eigenvalue weighted by molar-refractivity contribution is 0.520. The van der Waals surface area contributed by atoms with Crippen molar-refractivity contribution >= 4 is 17.5 Å². The first-order valence-electron chi connectivity index (χ1n) is 9.26. The third-order valence-corrected chi connectivity index (χ3v) is 6.36. The van der Waals surface area contributed by atoms with E-state index in [2.05, 4.69) is 69.0 Å². The van der Waals surface area contributed by atoms with Crippen LogP contribution in [0.1, 0.15) is 26.7 Å². The van der Waals surface area contributed by atoms with Gasteiger partial charge in [-0.2, -0.15) is 0 Å². The maximum Gasteiger partial charge on any atom is 0.0448 e. The molecule has 2 aliphatic rings. The van der Waals surface area contributed by atoms with E-state index in [-0.39, 0.29) is 11.3 Å². The van der Waals surface area contributed by atoms with Crippen LogP contribution in [0.5, 0.6) is 0 Å². The van der Waals surface area contributed by atoms with Gasteiger partial charge in [0.2, 0.25) is 0 Å². The minimum Gasteiger partial charge on any atom is -0.304 e. The molecule has 0 heterocycles. The second-order valence-electron chi connectivity index (χ2n) is 7.22. The predicted octanol–water partition coefficient (Wildman–Crippen LogP) is 6.77. The van der Waals surface area contributed by atoms with E-state index in [0.717, 1.165) is 18.4 Å². The third-order valence-electron chi connectivity index (χ3n) is 5.32. The number of fused-ring (bicyclic) bond motifs is 1. The summed E-state index contributed by atoms with van der Waals surface area (Å²) >= 11 is 1.71. The van der Waals surface area contributed by atoms with Gasteiger partial charge in [0.15, 0.2) is 0 Å². The van der Waals surface area contributed by atoms with Gasteiger partial charge in [0.25, 0.3) is 0 Å². The fourth-order valence-corrected chi connectivity index (χ4v) is 4.40. The summed E-state index contributed by atoms with van der Waals surface area (Å²) in [4.78, 5) is 1.20. The summed E-state index contributed by atoms with van der Waals surface area (Å²) in [6.45, 7) is 8.77. The van der Waals surface area contributed by atoms with Crippen molar-refractivity contribution in [2.24, 2.45) is 11.3 Å². The van der Waals surface area contributed by atoms with Gasteiger partial charge in [-0.05, 0) is 41.7 Å². The van der Waals surface area contributed by atoms with Gasteiger partial charge in [-0.1, -0.05) is 75.1 Å². The zero-order valence-corrected chi connectivity index (χ0v) is 16.5. The zero-order chi connectivity index (χ0) is 18.6. The quantitative estimate of drug-likeness (QED) is 0.420. The van der Waals surface area contributed by atoms with Crippen LogP contribution < -0.4 is 0 Å². The van der Waals surface area contributed by atoms with Crippen LogP contribution in [0.3, 0.4) is 0 Å². The van der Waals surface area contributed by atoms with Gasteiger partial charge < -0.3 is 5.41 Å². The summed E-state index contributed by atoms with van der Waals surface area (Å²) in [5, 5.41) is 8.52. The highest BCUT2D eigenvalue weighted by molar-refractivity contribution is 8.00. The molecule has 2 heteroatoms. The number of rotatable bonds is 7. The minimum atomic E-state index is 0.120. The molecule has 0 fully saturated rings. The van der Waals surface area contributed by atoms with Crippen molar-refractivity contribution in [2.75, 3.05) is 5.75 Å². The molecule has 2 atom stereocenters. The second kappa shape index (κ2) is 8.09. The number of hydrogen-bond acceptors (Lipinski definition) is 2. The van der Waals surface area contributed by atoms with Crippen molar-refractivity contribution in [3.05, 3.63) is 90.1 Å². The zero-order valence-electron chi connectivity index (χ0n) is 15.7. The Labute approximate surface area is 161 Å². The van der Waals surface area contributed by atoms with Crippen LogP contribution >= 0.6 is 11.8 Å². The topological polar surface area (TPSA) is 23.9 Å². The molecular weight excluding hydrogens is 334 g/mol. The van der Waals surface area contributed by atoms with E-state index in [4.69, 9.17) is 5.41 Å². The average Bonchev–Trinajstić information content (AvgIpc) is 2.67. The molecule has 0 amide bonds. The van der Waals surface area contributed by atoms with Crippen molar-refractivity contribution in [1.29, 1.82) is 5.41 Å². The summed E-state index contributed by atoms with van der Waals surface area (Å²) in [5.41, 5.74) is 4.36. The molecule has 1 nitrogen and oxygen atoms in total. The van der Waals surface area contributed by atoms with Gasteiger partial charge in [-0.3, -0.25) is 0 Å². The first-order valence-corrected chi connectivity index (χ1v) is 10.2. The Morgan fingerprint density at radius 3 is 2.81 bits per heavy atom. The number of thioether (sulfide) groups is 1. The lowest BCUT2D eigenvalue weighted by Crippen LogP contribution is -2.22. The molecule has 134 valence electrons. The molecular formula is C24H27NS. The van der Waals surface area contributed by atoms with Gasteiger partial charge in [0.1, 0.15) is 0 Å². The Bertz CT molecular complexity index is 810. The van der Waals surface area contributed by atoms with Gasteiger partial charge in [-0.25, -0.2) is 0 Å². The standard InChI is InChI=1S/C24H27NS/c1-4-22(18(2)23(25)17-26-21-11-6-5-7-12-21)19-13-15-24(3)14-9-8-10-20(24)16-19/h5-13,15-16,22,25H,2,4,14,17H2,1,3H3. The van der Waals surface area contributed by atoms with Crippen molar-refractivity contribution in [2.45, 2.75) is 31.6 Å². The molecule has 26 heavy (non-hydrogen) atoms. The Kier molecular flexibility index (Phi) is 5.83. The monoisotopic (exact) mass is 361 g/mol. The third kappa shape index (κ3) is 4.02. The lowest BCUT2D eigenvalue weighted by atomic mass is 9.71. The highest BCUT2D eigenvalue weighted by Gasteiger charge is 2.30. The molecule has 1 aromatic rings. The molecule has 2 aliphatic carbocycles. The number of nitrogens with one attached hydrogen (secondary N) is 1. The van der Waals surface area contributed by atoms with Crippen LogP contribution in [-0.4, -0.2) is 11.5 Å². The molecule has 0 bridgehead atoms. The van der Waals surface area contributed by atoms with E-state index in [1.807, 2.05) is 18.2 Å².